The summed E-state index contributed by atoms with van der Waals surface area (Å²) in [6.07, 6.45) is -0.168. The van der Waals surface area contributed by atoms with Crippen LogP contribution in [0, 0.1) is 11.8 Å². The number of aliphatic hydroxyl groups excluding tert-OH is 1. The first-order chi connectivity index (χ1) is 14.5. The third-order valence-electron chi connectivity index (χ3n) is 7.26. The highest BCUT2D eigenvalue weighted by molar-refractivity contribution is 8.03. The maximum absolute atomic E-state index is 13.0. The Morgan fingerprint density at radius 1 is 1.26 bits per heavy atom. The molecule has 172 valence electrons. The molecule has 4 heterocycles. The lowest BCUT2D eigenvalue weighted by atomic mass is 9.79. The monoisotopic (exact) mass is 453 g/mol. The van der Waals surface area contributed by atoms with E-state index in [0.717, 1.165) is 30.7 Å². The summed E-state index contributed by atoms with van der Waals surface area (Å²) in [7, 11) is 4.35. The number of carboxylic acid groups (broad SMARTS) is 1. The summed E-state index contributed by atoms with van der Waals surface area (Å²) in [5.41, 5.74) is 0.0511. The van der Waals surface area contributed by atoms with Gasteiger partial charge in [-0.1, -0.05) is 6.92 Å². The van der Waals surface area contributed by atoms with E-state index in [2.05, 4.69) is 19.4 Å². The number of carbonyl (C=O) groups excluding carboxylic acids is 2. The Bertz CT molecular complexity index is 819. The van der Waals surface area contributed by atoms with Gasteiger partial charge >= 0.3 is 5.97 Å². The number of nitrogens with one attached hydrogen (secondary N) is 1. The second-order valence-corrected chi connectivity index (χ2v) is 11.3. The fourth-order valence-corrected chi connectivity index (χ4v) is 6.77. The number of aliphatic carboxylic acids is 1. The van der Waals surface area contributed by atoms with Gasteiger partial charge in [-0.05, 0) is 13.3 Å². The predicted molar refractivity (Wildman–Crippen MR) is 116 cm³/mol. The first kappa shape index (κ1) is 22.6. The molecule has 0 radical (unpaired) electrons. The highest BCUT2D eigenvalue weighted by Crippen LogP contribution is 2.51. The number of thioether (sulfide) groups is 1. The minimum Gasteiger partial charge on any atom is -0.477 e. The fourth-order valence-electron chi connectivity index (χ4n) is 5.29. The van der Waals surface area contributed by atoms with E-state index >= 15 is 0 Å². The maximum Gasteiger partial charge on any atom is 0.353 e. The van der Waals surface area contributed by atoms with Crippen LogP contribution in [0.4, 0.5) is 0 Å². The van der Waals surface area contributed by atoms with Crippen LogP contribution >= 0.6 is 11.8 Å². The van der Waals surface area contributed by atoms with Gasteiger partial charge in [-0.2, -0.15) is 0 Å². The lowest BCUT2D eigenvalue weighted by Crippen LogP contribution is -2.63. The molecule has 0 bridgehead atoms. The van der Waals surface area contributed by atoms with E-state index in [1.54, 1.807) is 6.92 Å². The number of quaternary nitrogens is 1. The summed E-state index contributed by atoms with van der Waals surface area (Å²) >= 11 is 1.48. The zero-order chi connectivity index (χ0) is 22.7. The summed E-state index contributed by atoms with van der Waals surface area (Å²) in [6, 6.07) is -0.552. The van der Waals surface area contributed by atoms with Crippen LogP contribution in [0.2, 0.25) is 0 Å². The number of amides is 2. The van der Waals surface area contributed by atoms with E-state index in [0.29, 0.717) is 17.9 Å². The molecule has 4 aliphatic heterocycles. The number of rotatable bonds is 5. The Morgan fingerprint density at radius 3 is 2.48 bits per heavy atom. The summed E-state index contributed by atoms with van der Waals surface area (Å²) in [5, 5.41) is 23.2. The Morgan fingerprint density at radius 2 is 1.90 bits per heavy atom. The smallest absolute Gasteiger partial charge is 0.353 e. The Kier molecular flexibility index (Phi) is 5.87. The molecule has 0 aromatic heterocycles. The zero-order valence-corrected chi connectivity index (χ0v) is 19.4. The van der Waals surface area contributed by atoms with E-state index in [4.69, 9.17) is 0 Å². The average Bonchev–Trinajstić information content (AvgIpc) is 3.23. The SMILES string of the molecule is CC1C(S[C@H]2CN[C@@H](C(=O)N3CC[N+](C)(C)CC3)C2)=C(C(=O)O)N2C(=O)C([C@@H](C)O)C12. The quantitative estimate of drug-likeness (QED) is 0.381. The topological polar surface area (TPSA) is 110 Å². The number of β-lactam (4-membered cyclic amide) rings is 1. The Hall–Kier alpha value is -1.62. The molecule has 0 spiro atoms. The molecule has 4 rings (SSSR count). The summed E-state index contributed by atoms with van der Waals surface area (Å²) < 4.78 is 0.925. The highest BCUT2D eigenvalue weighted by Gasteiger charge is 2.60. The van der Waals surface area contributed by atoms with Gasteiger partial charge in [0.2, 0.25) is 11.8 Å². The number of fused-ring (bicyclic) bond motifs is 1. The van der Waals surface area contributed by atoms with E-state index < -0.39 is 18.0 Å². The van der Waals surface area contributed by atoms with Crippen molar-refractivity contribution in [3.8, 4) is 0 Å². The van der Waals surface area contributed by atoms with Gasteiger partial charge in [-0.3, -0.25) is 9.59 Å². The predicted octanol–water partition coefficient (Wildman–Crippen LogP) is -0.478. The normalized spacial score (nSPS) is 35.8. The van der Waals surface area contributed by atoms with Crippen molar-refractivity contribution in [1.82, 2.24) is 15.1 Å². The van der Waals surface area contributed by atoms with E-state index in [-0.39, 0.29) is 40.8 Å². The molecular formula is C21H33N4O5S+. The van der Waals surface area contributed by atoms with Crippen molar-refractivity contribution < 1.29 is 29.1 Å². The average molecular weight is 454 g/mol. The van der Waals surface area contributed by atoms with Crippen molar-refractivity contribution in [2.75, 3.05) is 46.8 Å². The standard InChI is InChI=1S/C21H32N4O5S/c1-11-16-15(12(2)26)20(28)24(16)17(21(29)30)18(11)31-13-9-14(22-10-13)19(27)23-5-7-25(3,4)8-6-23/h11-16,22,26H,5-10H2,1-4H3/p+1/t11?,12-,13-,14-,15?,16?/m1/s1. The number of nitrogens with zero attached hydrogens (tertiary/aromatic N) is 3. The van der Waals surface area contributed by atoms with Crippen LogP contribution in [0.3, 0.4) is 0 Å². The molecule has 31 heavy (non-hydrogen) atoms. The van der Waals surface area contributed by atoms with Crippen LogP contribution in [-0.4, -0.2) is 113 Å². The third kappa shape index (κ3) is 3.88. The lowest BCUT2D eigenvalue weighted by Gasteiger charge is -2.46. The third-order valence-corrected chi connectivity index (χ3v) is 8.77. The minimum atomic E-state index is -1.11. The first-order valence-corrected chi connectivity index (χ1v) is 11.9. The molecular weight excluding hydrogens is 420 g/mol. The molecule has 4 aliphatic rings. The molecule has 10 heteroatoms. The second kappa shape index (κ2) is 8.06. The van der Waals surface area contributed by atoms with Gasteiger partial charge in [-0.15, -0.1) is 11.8 Å². The number of hydrogen-bond donors (Lipinski definition) is 3. The highest BCUT2D eigenvalue weighted by atomic mass is 32.2. The molecule has 0 aliphatic carbocycles. The number of likely N-dealkylation sites (N-methyl/N-ethyl adjacent to an activating group) is 1. The van der Waals surface area contributed by atoms with Crippen LogP contribution < -0.4 is 5.32 Å². The molecule has 0 saturated carbocycles. The number of piperazine rings is 1. The zero-order valence-electron chi connectivity index (χ0n) is 18.6. The summed E-state index contributed by atoms with van der Waals surface area (Å²) in [4.78, 5) is 41.4. The number of carbonyl (C=O) groups is 3. The minimum absolute atomic E-state index is 0.0511. The molecule has 3 unspecified atom stereocenters. The number of carboxylic acids is 1. The first-order valence-electron chi connectivity index (χ1n) is 11.0. The Balaban J connectivity index is 1.42. The van der Waals surface area contributed by atoms with Crippen LogP contribution in [0.1, 0.15) is 20.3 Å². The lowest BCUT2D eigenvalue weighted by molar-refractivity contribution is -0.894. The van der Waals surface area contributed by atoms with Crippen LogP contribution in [-0.2, 0) is 14.4 Å². The fraction of sp³-hybridized carbons (Fsp3) is 0.762. The molecule has 9 nitrogen and oxygen atoms in total. The van der Waals surface area contributed by atoms with Gasteiger partial charge in [0.05, 0.1) is 64.4 Å². The van der Waals surface area contributed by atoms with Crippen molar-refractivity contribution in [1.29, 1.82) is 0 Å². The van der Waals surface area contributed by atoms with E-state index in [9.17, 15) is 24.6 Å². The van der Waals surface area contributed by atoms with E-state index in [1.807, 2.05) is 11.8 Å². The van der Waals surface area contributed by atoms with Gasteiger partial charge in [0.25, 0.3) is 0 Å². The van der Waals surface area contributed by atoms with Gasteiger partial charge in [0, 0.05) is 22.6 Å². The van der Waals surface area contributed by atoms with Crippen LogP contribution in [0.15, 0.2) is 10.6 Å². The number of hydrogen-bond acceptors (Lipinski definition) is 6. The van der Waals surface area contributed by atoms with Crippen molar-refractivity contribution in [3.05, 3.63) is 10.6 Å². The van der Waals surface area contributed by atoms with Crippen LogP contribution in [0.25, 0.3) is 0 Å². The van der Waals surface area contributed by atoms with Gasteiger partial charge < -0.3 is 29.8 Å². The molecule has 3 saturated heterocycles. The van der Waals surface area contributed by atoms with Crippen LogP contribution in [0.5, 0.6) is 0 Å². The molecule has 0 aromatic rings. The Labute approximate surface area is 187 Å². The van der Waals surface area contributed by atoms with Crippen molar-refractivity contribution in [2.45, 2.75) is 43.7 Å². The summed E-state index contributed by atoms with van der Waals surface area (Å²) in [5.74, 6) is -2.00. The van der Waals surface area contributed by atoms with Crippen molar-refractivity contribution in [2.24, 2.45) is 11.8 Å². The van der Waals surface area contributed by atoms with Crippen molar-refractivity contribution in [3.63, 3.8) is 0 Å². The molecule has 3 N–H and O–H groups in total. The number of aliphatic hydroxyl groups is 1. The summed E-state index contributed by atoms with van der Waals surface area (Å²) in [6.45, 7) is 7.53. The van der Waals surface area contributed by atoms with Gasteiger partial charge in [-0.25, -0.2) is 4.79 Å². The largest absolute Gasteiger partial charge is 0.477 e. The van der Waals surface area contributed by atoms with E-state index in [1.165, 1.54) is 16.7 Å². The molecule has 3 fully saturated rings. The molecule has 6 atom stereocenters. The molecule has 2 amide bonds. The van der Waals surface area contributed by atoms with Crippen molar-refractivity contribution >= 4 is 29.5 Å². The maximum atomic E-state index is 13.0. The van der Waals surface area contributed by atoms with Gasteiger partial charge in [0.15, 0.2) is 0 Å². The van der Waals surface area contributed by atoms with Gasteiger partial charge in [0.1, 0.15) is 5.70 Å². The second-order valence-electron chi connectivity index (χ2n) is 9.92. The molecule has 0 aromatic carbocycles.